The van der Waals surface area contributed by atoms with Crippen molar-refractivity contribution in [3.63, 3.8) is 0 Å². The summed E-state index contributed by atoms with van der Waals surface area (Å²) in [6, 6.07) is 21.2. The minimum Gasteiger partial charge on any atom is -0.486 e. The molecule has 14 heteroatoms. The highest BCUT2D eigenvalue weighted by molar-refractivity contribution is 6.02. The molecule has 6 aromatic rings. The zero-order valence-electron chi connectivity index (χ0n) is 28.8. The highest BCUT2D eigenvalue weighted by Gasteiger charge is 2.56. The van der Waals surface area contributed by atoms with Crippen LogP contribution in [0.4, 0.5) is 21.6 Å². The smallest absolute Gasteiger partial charge is 0.213 e. The minimum atomic E-state index is -1.69. The summed E-state index contributed by atoms with van der Waals surface area (Å²) in [5.74, 6) is 1.23. The molecule has 0 radical (unpaired) electrons. The van der Waals surface area contributed by atoms with Crippen LogP contribution in [0.3, 0.4) is 0 Å². The zero-order valence-corrected chi connectivity index (χ0v) is 28.8. The van der Waals surface area contributed by atoms with Crippen molar-refractivity contribution < 1.29 is 23.4 Å². The maximum atomic E-state index is 15.1. The van der Waals surface area contributed by atoms with Gasteiger partial charge in [0, 0.05) is 68.2 Å². The number of pyridine rings is 2. The van der Waals surface area contributed by atoms with E-state index in [1.165, 1.54) is 12.1 Å². The topological polar surface area (TPSA) is 121 Å². The first kappa shape index (κ1) is 32.7. The molecule has 0 amide bonds. The highest BCUT2D eigenvalue weighted by atomic mass is 19.1. The van der Waals surface area contributed by atoms with Gasteiger partial charge in [-0.3, -0.25) is 9.78 Å². The van der Waals surface area contributed by atoms with Gasteiger partial charge in [-0.1, -0.05) is 6.07 Å². The number of nitrogens with zero attached hydrogens (tertiary/aromatic N) is 8. The van der Waals surface area contributed by atoms with Gasteiger partial charge in [-0.25, -0.2) is 18.7 Å². The van der Waals surface area contributed by atoms with Crippen LogP contribution in [0, 0.1) is 12.7 Å². The number of ether oxygens (including phenoxy) is 3. The minimum absolute atomic E-state index is 0.152. The molecule has 0 aliphatic carbocycles. The van der Waals surface area contributed by atoms with E-state index >= 15 is 4.79 Å². The highest BCUT2D eigenvalue weighted by Crippen LogP contribution is 2.45. The maximum absolute atomic E-state index is 15.1. The average Bonchev–Trinajstić information content (AvgIpc) is 3.91. The van der Waals surface area contributed by atoms with Gasteiger partial charge in [-0.15, -0.1) is 5.43 Å². The Labute approximate surface area is 304 Å². The summed E-state index contributed by atoms with van der Waals surface area (Å²) in [5, 5.41) is 9.42. The number of morpholine rings is 1. The van der Waals surface area contributed by atoms with Crippen molar-refractivity contribution in [3.8, 4) is 22.9 Å². The van der Waals surface area contributed by atoms with Crippen LogP contribution >= 0.6 is 0 Å². The first-order chi connectivity index (χ1) is 25.9. The van der Waals surface area contributed by atoms with Crippen molar-refractivity contribution in [2.24, 2.45) is 0 Å². The summed E-state index contributed by atoms with van der Waals surface area (Å²) in [6.45, 7) is 5.40. The molecule has 3 aliphatic heterocycles. The predicted molar refractivity (Wildman–Crippen MR) is 194 cm³/mol. The number of carbonyl (C=O) groups is 1. The molecule has 0 saturated carbocycles. The van der Waals surface area contributed by atoms with E-state index < -0.39 is 11.4 Å². The van der Waals surface area contributed by atoms with Gasteiger partial charge < -0.3 is 19.1 Å². The summed E-state index contributed by atoms with van der Waals surface area (Å²) in [5.41, 5.74) is 6.57. The van der Waals surface area contributed by atoms with Crippen molar-refractivity contribution >= 4 is 23.0 Å². The Kier molecular flexibility index (Phi) is 8.06. The number of benzene rings is 2. The van der Waals surface area contributed by atoms with Crippen molar-refractivity contribution in [1.82, 2.24) is 39.5 Å². The number of quaternary nitrogens is 1. The zero-order chi connectivity index (χ0) is 36.0. The van der Waals surface area contributed by atoms with E-state index in [-0.39, 0.29) is 10.4 Å². The number of ketones is 1. The summed E-state index contributed by atoms with van der Waals surface area (Å²) in [6.07, 6.45) is 12.0. The van der Waals surface area contributed by atoms with Crippen LogP contribution in [0.5, 0.6) is 11.5 Å². The number of aromatic nitrogens is 6. The summed E-state index contributed by atoms with van der Waals surface area (Å²) in [7, 11) is 0. The van der Waals surface area contributed by atoms with Gasteiger partial charge in [0.05, 0.1) is 42.2 Å². The number of aryl methyl sites for hydroxylation is 1. The summed E-state index contributed by atoms with van der Waals surface area (Å²) >= 11 is 0. The van der Waals surface area contributed by atoms with E-state index in [2.05, 4.69) is 20.4 Å². The molecule has 9 rings (SSSR count). The number of nitrogens with one attached hydrogen (secondary N) is 1. The van der Waals surface area contributed by atoms with Crippen molar-refractivity contribution in [3.05, 3.63) is 139 Å². The molecule has 1 saturated heterocycles. The number of hydrogen-bond acceptors (Lipinski definition) is 10. The van der Waals surface area contributed by atoms with Gasteiger partial charge in [0.25, 0.3) is 0 Å². The van der Waals surface area contributed by atoms with E-state index in [1.54, 1.807) is 70.7 Å². The first-order valence-electron chi connectivity index (χ1n) is 17.3. The van der Waals surface area contributed by atoms with Gasteiger partial charge in [-0.2, -0.15) is 14.8 Å². The van der Waals surface area contributed by atoms with E-state index in [0.717, 1.165) is 22.8 Å². The number of fused-ring (bicyclic) bond motifs is 1. The second kappa shape index (κ2) is 13.1. The van der Waals surface area contributed by atoms with Gasteiger partial charge in [0.2, 0.25) is 5.54 Å². The molecule has 4 aromatic heterocycles. The predicted octanol–water partition coefficient (Wildman–Crippen LogP) is 5.09. The first-order valence-corrected chi connectivity index (χ1v) is 17.3. The molecule has 3 aliphatic rings. The molecule has 0 spiro atoms. The van der Waals surface area contributed by atoms with Gasteiger partial charge in [0.15, 0.2) is 28.7 Å². The third-order valence-electron chi connectivity index (χ3n) is 9.78. The lowest BCUT2D eigenvalue weighted by Gasteiger charge is -2.44. The monoisotopic (exact) mass is 712 g/mol. The molecule has 1 N–H and O–H groups in total. The standard InChI is InChI=1S/C39H35FN9O4/c1-27-21-32(26-41-25-27)49(31-7-11-42-38(24-31)46-14-17-51-18-15-46)16-10-37(50)39(45-49,35-8-12-43-47(35)29-4-2-3-28(40)22-29)36-9-13-44-48(36)30-5-6-33-34(23-30)53-20-19-52-33/h2-13,16,21-26,45H,14-15,17-20H2,1H3/q+1. The van der Waals surface area contributed by atoms with E-state index in [1.807, 2.05) is 49.5 Å². The maximum Gasteiger partial charge on any atom is 0.213 e. The molecule has 2 unspecified atom stereocenters. The van der Waals surface area contributed by atoms with Crippen molar-refractivity contribution in [2.75, 3.05) is 44.4 Å². The van der Waals surface area contributed by atoms with Gasteiger partial charge >= 0.3 is 0 Å². The van der Waals surface area contributed by atoms with E-state index in [0.29, 0.717) is 73.8 Å². The Morgan fingerprint density at radius 1 is 0.792 bits per heavy atom. The molecule has 1 fully saturated rings. The third kappa shape index (κ3) is 5.55. The lowest BCUT2D eigenvalue weighted by molar-refractivity contribution is -0.122. The Hall–Kier alpha value is -6.22. The largest absolute Gasteiger partial charge is 0.486 e. The molecule has 2 aromatic carbocycles. The fraction of sp³-hybridized carbons (Fsp3) is 0.205. The summed E-state index contributed by atoms with van der Waals surface area (Å²) in [4.78, 5) is 26.6. The van der Waals surface area contributed by atoms with Crippen LogP contribution < -0.4 is 24.4 Å². The number of anilines is 1. The molecule has 13 nitrogen and oxygen atoms in total. The Morgan fingerprint density at radius 3 is 2.30 bits per heavy atom. The number of halogens is 1. The molecule has 266 valence electrons. The third-order valence-corrected chi connectivity index (χ3v) is 9.78. The normalized spacial score (nSPS) is 21.2. The van der Waals surface area contributed by atoms with Crippen LogP contribution in [-0.4, -0.2) is 74.8 Å². The second-order valence-electron chi connectivity index (χ2n) is 13.0. The fourth-order valence-corrected chi connectivity index (χ4v) is 7.29. The van der Waals surface area contributed by atoms with Crippen LogP contribution in [-0.2, 0) is 15.1 Å². The molecule has 7 heterocycles. The Bertz CT molecular complexity index is 2370. The van der Waals surface area contributed by atoms with Crippen molar-refractivity contribution in [2.45, 2.75) is 12.5 Å². The SMILES string of the molecule is Cc1cncc([N+]2(c3ccnc(N4CCOCC4)c3)C=CC(=O)C(c3ccnn3-c3cccc(F)c3)(c3ccnn3-c3ccc4c(c3)OCCO4)N2)c1. The van der Waals surface area contributed by atoms with E-state index in [9.17, 15) is 4.39 Å². The Balaban J connectivity index is 1.31. The van der Waals surface area contributed by atoms with Crippen LogP contribution in [0.25, 0.3) is 11.4 Å². The number of carbonyl (C=O) groups excluding carboxylic acids is 1. The lowest BCUT2D eigenvalue weighted by Crippen LogP contribution is -2.67. The Morgan fingerprint density at radius 2 is 1.55 bits per heavy atom. The van der Waals surface area contributed by atoms with Crippen molar-refractivity contribution in [1.29, 1.82) is 0 Å². The van der Waals surface area contributed by atoms with Crippen LogP contribution in [0.2, 0.25) is 0 Å². The summed E-state index contributed by atoms with van der Waals surface area (Å²) < 4.78 is 35.3. The van der Waals surface area contributed by atoms with Crippen LogP contribution in [0.15, 0.2) is 116 Å². The van der Waals surface area contributed by atoms with E-state index in [4.69, 9.17) is 24.3 Å². The lowest BCUT2D eigenvalue weighted by atomic mass is 9.84. The fourth-order valence-electron chi connectivity index (χ4n) is 7.29. The average molecular weight is 713 g/mol. The molecule has 2 atom stereocenters. The quantitative estimate of drug-likeness (QED) is 0.224. The number of hydrogen-bond donors (Lipinski definition) is 1. The molecule has 53 heavy (non-hydrogen) atoms. The van der Waals surface area contributed by atoms with Gasteiger partial charge in [-0.05, 0) is 55.0 Å². The number of rotatable bonds is 7. The molecular weight excluding hydrogens is 677 g/mol. The van der Waals surface area contributed by atoms with Gasteiger partial charge in [0.1, 0.15) is 31.0 Å². The second-order valence-corrected chi connectivity index (χ2v) is 13.0. The molecule has 0 bridgehead atoms. The van der Waals surface area contributed by atoms with Crippen LogP contribution in [0.1, 0.15) is 17.0 Å². The molecular formula is C39H35FN9O4+.